The lowest BCUT2D eigenvalue weighted by Gasteiger charge is -2.39. The summed E-state index contributed by atoms with van der Waals surface area (Å²) in [5.41, 5.74) is -0.845. The number of carbonyl (C=O) groups excluding carboxylic acids is 2. The third kappa shape index (κ3) is 2.91. The lowest BCUT2D eigenvalue weighted by atomic mass is 9.78. The van der Waals surface area contributed by atoms with Gasteiger partial charge in [-0.1, -0.05) is 0 Å². The molecular formula is C15H26N2O3. The zero-order valence-electron chi connectivity index (χ0n) is 13.1. The van der Waals surface area contributed by atoms with Crippen molar-refractivity contribution in [2.75, 3.05) is 26.2 Å². The SMILES string of the molecule is CCN1CCC2(CCCN(C(=O)OC(C)(C)C)C2)C1=O. The molecule has 0 aromatic rings. The minimum absolute atomic E-state index is 0.216. The van der Waals surface area contributed by atoms with Crippen LogP contribution in [0.25, 0.3) is 0 Å². The zero-order valence-corrected chi connectivity index (χ0v) is 13.1. The number of hydrogen-bond donors (Lipinski definition) is 0. The number of likely N-dealkylation sites (tertiary alicyclic amines) is 2. The number of hydrogen-bond acceptors (Lipinski definition) is 3. The van der Waals surface area contributed by atoms with Crippen molar-refractivity contribution in [2.24, 2.45) is 5.41 Å². The fourth-order valence-electron chi connectivity index (χ4n) is 3.19. The summed E-state index contributed by atoms with van der Waals surface area (Å²) in [5, 5.41) is 0. The van der Waals surface area contributed by atoms with Crippen molar-refractivity contribution in [2.45, 2.75) is 52.6 Å². The summed E-state index contributed by atoms with van der Waals surface area (Å²) < 4.78 is 5.43. The van der Waals surface area contributed by atoms with Crippen molar-refractivity contribution < 1.29 is 14.3 Å². The van der Waals surface area contributed by atoms with Crippen LogP contribution in [0.1, 0.15) is 47.0 Å². The molecule has 2 aliphatic heterocycles. The maximum Gasteiger partial charge on any atom is 0.410 e. The molecule has 0 N–H and O–H groups in total. The molecule has 2 saturated heterocycles. The van der Waals surface area contributed by atoms with Crippen molar-refractivity contribution in [3.05, 3.63) is 0 Å². The van der Waals surface area contributed by atoms with Crippen LogP contribution in [0.5, 0.6) is 0 Å². The van der Waals surface area contributed by atoms with Crippen LogP contribution in [0.3, 0.4) is 0 Å². The molecule has 0 radical (unpaired) electrons. The zero-order chi connectivity index (χ0) is 15.0. The van der Waals surface area contributed by atoms with Crippen LogP contribution in [-0.2, 0) is 9.53 Å². The molecule has 0 aliphatic carbocycles. The molecule has 0 bridgehead atoms. The Morgan fingerprint density at radius 3 is 2.55 bits per heavy atom. The number of piperidine rings is 1. The molecule has 0 aromatic heterocycles. The summed E-state index contributed by atoms with van der Waals surface area (Å²) in [6, 6.07) is 0. The molecule has 2 amide bonds. The third-order valence-electron chi connectivity index (χ3n) is 4.21. The number of ether oxygens (including phenoxy) is 1. The van der Waals surface area contributed by atoms with E-state index in [1.807, 2.05) is 32.6 Å². The Hall–Kier alpha value is -1.26. The second-order valence-electron chi connectivity index (χ2n) is 6.92. The number of amides is 2. The lowest BCUT2D eigenvalue weighted by Crippen LogP contribution is -2.50. The van der Waals surface area contributed by atoms with Gasteiger partial charge >= 0.3 is 6.09 Å². The molecule has 5 heteroatoms. The molecule has 1 atom stereocenters. The van der Waals surface area contributed by atoms with E-state index in [2.05, 4.69) is 0 Å². The van der Waals surface area contributed by atoms with E-state index in [-0.39, 0.29) is 17.4 Å². The standard InChI is InChI=1S/C15H26N2O3/c1-5-16-10-8-15(12(16)18)7-6-9-17(11-15)13(19)20-14(2,3)4/h5-11H2,1-4H3. The van der Waals surface area contributed by atoms with Crippen molar-refractivity contribution in [1.82, 2.24) is 9.80 Å². The Kier molecular flexibility index (Phi) is 3.98. The molecule has 5 nitrogen and oxygen atoms in total. The monoisotopic (exact) mass is 282 g/mol. The quantitative estimate of drug-likeness (QED) is 0.741. The summed E-state index contributed by atoms with van der Waals surface area (Å²) in [4.78, 5) is 28.3. The summed E-state index contributed by atoms with van der Waals surface area (Å²) in [6.45, 7) is 10.4. The van der Waals surface area contributed by atoms with Crippen LogP contribution < -0.4 is 0 Å². The Balaban J connectivity index is 2.06. The van der Waals surface area contributed by atoms with Gasteiger partial charge in [-0.25, -0.2) is 4.79 Å². The number of rotatable bonds is 1. The highest BCUT2D eigenvalue weighted by molar-refractivity contribution is 5.86. The third-order valence-corrected chi connectivity index (χ3v) is 4.21. The van der Waals surface area contributed by atoms with Gasteiger partial charge in [0, 0.05) is 26.2 Å². The topological polar surface area (TPSA) is 49.9 Å². The van der Waals surface area contributed by atoms with Gasteiger partial charge in [0.15, 0.2) is 0 Å². The predicted octanol–water partition coefficient (Wildman–Crippen LogP) is 2.26. The van der Waals surface area contributed by atoms with Crippen molar-refractivity contribution >= 4 is 12.0 Å². The Bertz CT molecular complexity index is 402. The van der Waals surface area contributed by atoms with E-state index in [0.717, 1.165) is 32.4 Å². The fourth-order valence-corrected chi connectivity index (χ4v) is 3.19. The highest BCUT2D eigenvalue weighted by atomic mass is 16.6. The van der Waals surface area contributed by atoms with Gasteiger partial charge in [0.2, 0.25) is 5.91 Å². The molecule has 2 aliphatic rings. The average molecular weight is 282 g/mol. The number of nitrogens with zero attached hydrogens (tertiary/aromatic N) is 2. The molecule has 0 saturated carbocycles. The van der Waals surface area contributed by atoms with Gasteiger partial charge in [-0.05, 0) is 47.0 Å². The maximum atomic E-state index is 12.5. The van der Waals surface area contributed by atoms with E-state index < -0.39 is 5.60 Å². The molecule has 0 aromatic carbocycles. The van der Waals surface area contributed by atoms with E-state index in [4.69, 9.17) is 4.74 Å². The van der Waals surface area contributed by atoms with Gasteiger partial charge in [-0.3, -0.25) is 4.79 Å². The van der Waals surface area contributed by atoms with Gasteiger partial charge in [0.05, 0.1) is 5.41 Å². The minimum atomic E-state index is -0.489. The fraction of sp³-hybridized carbons (Fsp3) is 0.867. The first-order valence-corrected chi connectivity index (χ1v) is 7.55. The highest BCUT2D eigenvalue weighted by Gasteiger charge is 2.49. The molecule has 1 unspecified atom stereocenters. The van der Waals surface area contributed by atoms with Crippen LogP contribution in [0.4, 0.5) is 4.79 Å². The maximum absolute atomic E-state index is 12.5. The lowest BCUT2D eigenvalue weighted by molar-refractivity contribution is -0.138. The first kappa shape index (κ1) is 15.1. The normalized spacial score (nSPS) is 27.3. The highest BCUT2D eigenvalue weighted by Crippen LogP contribution is 2.40. The molecule has 20 heavy (non-hydrogen) atoms. The Morgan fingerprint density at radius 2 is 2.00 bits per heavy atom. The molecule has 2 heterocycles. The van der Waals surface area contributed by atoms with Crippen LogP contribution in [-0.4, -0.2) is 53.6 Å². The summed E-state index contributed by atoms with van der Waals surface area (Å²) in [7, 11) is 0. The van der Waals surface area contributed by atoms with Crippen molar-refractivity contribution in [1.29, 1.82) is 0 Å². The van der Waals surface area contributed by atoms with Gasteiger partial charge < -0.3 is 14.5 Å². The molecule has 2 rings (SSSR count). The van der Waals surface area contributed by atoms with Crippen LogP contribution >= 0.6 is 0 Å². The first-order valence-electron chi connectivity index (χ1n) is 7.55. The van der Waals surface area contributed by atoms with E-state index in [0.29, 0.717) is 13.1 Å². The first-order chi connectivity index (χ1) is 9.27. The summed E-state index contributed by atoms with van der Waals surface area (Å²) in [5.74, 6) is 0.216. The second kappa shape index (κ2) is 5.26. The van der Waals surface area contributed by atoms with Gasteiger partial charge in [-0.15, -0.1) is 0 Å². The van der Waals surface area contributed by atoms with E-state index >= 15 is 0 Å². The average Bonchev–Trinajstić information content (AvgIpc) is 2.65. The largest absolute Gasteiger partial charge is 0.444 e. The van der Waals surface area contributed by atoms with Gasteiger partial charge in [-0.2, -0.15) is 0 Å². The second-order valence-corrected chi connectivity index (χ2v) is 6.92. The predicted molar refractivity (Wildman–Crippen MR) is 76.3 cm³/mol. The Labute approximate surface area is 121 Å². The van der Waals surface area contributed by atoms with E-state index in [1.54, 1.807) is 4.90 Å². The van der Waals surface area contributed by atoms with Crippen LogP contribution in [0.15, 0.2) is 0 Å². The Morgan fingerprint density at radius 1 is 1.30 bits per heavy atom. The minimum Gasteiger partial charge on any atom is -0.444 e. The summed E-state index contributed by atoms with van der Waals surface area (Å²) >= 11 is 0. The van der Waals surface area contributed by atoms with Crippen LogP contribution in [0.2, 0.25) is 0 Å². The molecular weight excluding hydrogens is 256 g/mol. The van der Waals surface area contributed by atoms with Gasteiger partial charge in [0.1, 0.15) is 5.60 Å². The van der Waals surface area contributed by atoms with Crippen LogP contribution in [0, 0.1) is 5.41 Å². The van der Waals surface area contributed by atoms with E-state index in [1.165, 1.54) is 0 Å². The van der Waals surface area contributed by atoms with Crippen molar-refractivity contribution in [3.8, 4) is 0 Å². The van der Waals surface area contributed by atoms with Crippen molar-refractivity contribution in [3.63, 3.8) is 0 Å². The smallest absolute Gasteiger partial charge is 0.410 e. The molecule has 2 fully saturated rings. The summed E-state index contributed by atoms with van der Waals surface area (Å²) in [6.07, 6.45) is 2.34. The number of carbonyl (C=O) groups is 2. The van der Waals surface area contributed by atoms with Gasteiger partial charge in [0.25, 0.3) is 0 Å². The van der Waals surface area contributed by atoms with E-state index in [9.17, 15) is 9.59 Å². The molecule has 114 valence electrons. The molecule has 1 spiro atoms.